The van der Waals surface area contributed by atoms with Gasteiger partial charge >= 0.3 is 18.2 Å². The summed E-state index contributed by atoms with van der Waals surface area (Å²) < 4.78 is 49.3. The Kier molecular flexibility index (Phi) is 5.81. The molecule has 0 saturated carbocycles. The standard InChI is InChI=1S/C16H21F3N4O4/c1-15(2,3)27-14(25)23-7-5-22(6-8-23)13-20-9-10(12(24)26-4)11(21-13)16(17,18)19/h9H,5-8H2,1-4H3. The fourth-order valence-corrected chi connectivity index (χ4v) is 2.42. The summed E-state index contributed by atoms with van der Waals surface area (Å²) in [6.45, 7) is 6.20. The van der Waals surface area contributed by atoms with Crippen molar-refractivity contribution in [3.8, 4) is 0 Å². The monoisotopic (exact) mass is 390 g/mol. The molecule has 1 aliphatic rings. The lowest BCUT2D eigenvalue weighted by Crippen LogP contribution is -2.50. The fourth-order valence-electron chi connectivity index (χ4n) is 2.42. The highest BCUT2D eigenvalue weighted by Crippen LogP contribution is 2.31. The quantitative estimate of drug-likeness (QED) is 0.717. The Balaban J connectivity index is 2.14. The predicted octanol–water partition coefficient (Wildman–Crippen LogP) is 2.34. The predicted molar refractivity (Wildman–Crippen MR) is 88.4 cm³/mol. The highest BCUT2D eigenvalue weighted by atomic mass is 19.4. The molecule has 1 aliphatic heterocycles. The van der Waals surface area contributed by atoms with E-state index in [0.717, 1.165) is 13.3 Å². The molecule has 1 amide bonds. The number of aromatic nitrogens is 2. The largest absolute Gasteiger partial charge is 0.465 e. The third-order valence-corrected chi connectivity index (χ3v) is 3.66. The summed E-state index contributed by atoms with van der Waals surface area (Å²) in [5, 5.41) is 0. The lowest BCUT2D eigenvalue weighted by Gasteiger charge is -2.35. The maximum Gasteiger partial charge on any atom is 0.434 e. The van der Waals surface area contributed by atoms with Gasteiger partial charge in [-0.05, 0) is 20.8 Å². The molecular formula is C16H21F3N4O4. The SMILES string of the molecule is COC(=O)c1cnc(N2CCN(C(=O)OC(C)(C)C)CC2)nc1C(F)(F)F. The van der Waals surface area contributed by atoms with Crippen LogP contribution in [0.4, 0.5) is 23.9 Å². The maximum absolute atomic E-state index is 13.2. The Morgan fingerprint density at radius 1 is 1.11 bits per heavy atom. The molecule has 1 fully saturated rings. The number of esters is 1. The van der Waals surface area contributed by atoms with Crippen molar-refractivity contribution >= 4 is 18.0 Å². The Labute approximate surface area is 154 Å². The van der Waals surface area contributed by atoms with Gasteiger partial charge in [0.1, 0.15) is 11.2 Å². The van der Waals surface area contributed by atoms with Crippen LogP contribution >= 0.6 is 0 Å². The van der Waals surface area contributed by atoms with E-state index < -0.39 is 35.1 Å². The van der Waals surface area contributed by atoms with Crippen LogP contribution in [0.5, 0.6) is 0 Å². The number of carbonyl (C=O) groups excluding carboxylic acids is 2. The minimum absolute atomic E-state index is 0.168. The molecule has 0 N–H and O–H groups in total. The number of piperazine rings is 1. The summed E-state index contributed by atoms with van der Waals surface area (Å²) in [6.07, 6.45) is -4.52. The number of hydrogen-bond donors (Lipinski definition) is 0. The first-order chi connectivity index (χ1) is 12.4. The van der Waals surface area contributed by atoms with Crippen LogP contribution in [0.3, 0.4) is 0 Å². The lowest BCUT2D eigenvalue weighted by atomic mass is 10.2. The van der Waals surface area contributed by atoms with E-state index in [2.05, 4.69) is 14.7 Å². The van der Waals surface area contributed by atoms with E-state index in [-0.39, 0.29) is 32.1 Å². The van der Waals surface area contributed by atoms with Crippen LogP contribution in [0, 0.1) is 0 Å². The van der Waals surface area contributed by atoms with Crippen LogP contribution in [0.25, 0.3) is 0 Å². The van der Waals surface area contributed by atoms with E-state index in [4.69, 9.17) is 4.74 Å². The Morgan fingerprint density at radius 2 is 1.70 bits per heavy atom. The molecule has 2 heterocycles. The summed E-state index contributed by atoms with van der Waals surface area (Å²) in [5.74, 6) is -1.33. The molecule has 27 heavy (non-hydrogen) atoms. The Bertz CT molecular complexity index is 711. The zero-order valence-corrected chi connectivity index (χ0v) is 15.5. The van der Waals surface area contributed by atoms with E-state index in [9.17, 15) is 22.8 Å². The number of ether oxygens (including phenoxy) is 2. The van der Waals surface area contributed by atoms with Crippen LogP contribution < -0.4 is 4.90 Å². The molecule has 0 unspecified atom stereocenters. The highest BCUT2D eigenvalue weighted by Gasteiger charge is 2.39. The van der Waals surface area contributed by atoms with Crippen molar-refractivity contribution in [2.45, 2.75) is 32.5 Å². The Hall–Kier alpha value is -2.59. The first-order valence-electron chi connectivity index (χ1n) is 8.18. The number of amides is 1. The minimum Gasteiger partial charge on any atom is -0.465 e. The van der Waals surface area contributed by atoms with Gasteiger partial charge < -0.3 is 19.3 Å². The summed E-state index contributed by atoms with van der Waals surface area (Å²) in [7, 11) is 0.978. The van der Waals surface area contributed by atoms with Crippen LogP contribution in [-0.4, -0.2) is 65.8 Å². The summed E-state index contributed by atoms with van der Waals surface area (Å²) in [5.41, 5.74) is -2.74. The molecule has 11 heteroatoms. The molecule has 0 atom stereocenters. The topological polar surface area (TPSA) is 84.9 Å². The molecule has 0 radical (unpaired) electrons. The summed E-state index contributed by atoms with van der Waals surface area (Å²) in [6, 6.07) is 0. The third kappa shape index (κ3) is 5.20. The van der Waals surface area contributed by atoms with E-state index in [1.165, 1.54) is 9.80 Å². The molecule has 2 rings (SSSR count). The van der Waals surface area contributed by atoms with Gasteiger partial charge in [-0.25, -0.2) is 19.6 Å². The van der Waals surface area contributed by atoms with Gasteiger partial charge in [0.25, 0.3) is 0 Å². The van der Waals surface area contributed by atoms with Crippen LogP contribution in [0.15, 0.2) is 6.20 Å². The van der Waals surface area contributed by atoms with Crippen molar-refractivity contribution in [3.63, 3.8) is 0 Å². The average molecular weight is 390 g/mol. The van der Waals surface area contributed by atoms with Gasteiger partial charge in [-0.3, -0.25) is 0 Å². The molecule has 1 aromatic rings. The van der Waals surface area contributed by atoms with Crippen molar-refractivity contribution in [2.24, 2.45) is 0 Å². The molecule has 0 bridgehead atoms. The molecule has 0 spiro atoms. The zero-order valence-electron chi connectivity index (χ0n) is 15.5. The first kappa shape index (κ1) is 20.7. The number of alkyl halides is 3. The molecule has 0 aliphatic carbocycles. The van der Waals surface area contributed by atoms with Crippen LogP contribution in [0.2, 0.25) is 0 Å². The molecule has 1 aromatic heterocycles. The van der Waals surface area contributed by atoms with Crippen LogP contribution in [-0.2, 0) is 15.7 Å². The van der Waals surface area contributed by atoms with Gasteiger partial charge in [0.15, 0.2) is 5.69 Å². The third-order valence-electron chi connectivity index (χ3n) is 3.66. The van der Waals surface area contributed by atoms with Crippen molar-refractivity contribution in [1.29, 1.82) is 0 Å². The molecular weight excluding hydrogens is 369 g/mol. The number of methoxy groups -OCH3 is 1. The van der Waals surface area contributed by atoms with Gasteiger partial charge in [0.05, 0.1) is 7.11 Å². The van der Waals surface area contributed by atoms with E-state index >= 15 is 0 Å². The molecule has 150 valence electrons. The second kappa shape index (κ2) is 7.57. The number of nitrogens with zero attached hydrogens (tertiary/aromatic N) is 4. The Morgan fingerprint density at radius 3 is 2.19 bits per heavy atom. The number of rotatable bonds is 2. The van der Waals surface area contributed by atoms with Gasteiger partial charge in [0, 0.05) is 32.4 Å². The van der Waals surface area contributed by atoms with Gasteiger partial charge in [0.2, 0.25) is 5.95 Å². The van der Waals surface area contributed by atoms with Crippen LogP contribution in [0.1, 0.15) is 36.8 Å². The van der Waals surface area contributed by atoms with Gasteiger partial charge in [-0.1, -0.05) is 0 Å². The molecule has 1 saturated heterocycles. The number of halogens is 3. The number of anilines is 1. The minimum atomic E-state index is -4.83. The van der Waals surface area contributed by atoms with Gasteiger partial charge in [-0.15, -0.1) is 0 Å². The fraction of sp³-hybridized carbons (Fsp3) is 0.625. The number of hydrogen-bond acceptors (Lipinski definition) is 7. The number of carbonyl (C=O) groups is 2. The van der Waals surface area contributed by atoms with Crippen molar-refractivity contribution in [1.82, 2.24) is 14.9 Å². The van der Waals surface area contributed by atoms with Crippen molar-refractivity contribution in [2.75, 3.05) is 38.2 Å². The molecule has 8 nitrogen and oxygen atoms in total. The highest BCUT2D eigenvalue weighted by molar-refractivity contribution is 5.90. The summed E-state index contributed by atoms with van der Waals surface area (Å²) >= 11 is 0. The van der Waals surface area contributed by atoms with Crippen molar-refractivity contribution < 1.29 is 32.2 Å². The maximum atomic E-state index is 13.2. The normalized spacial score (nSPS) is 15.5. The second-order valence-electron chi connectivity index (χ2n) is 6.88. The van der Waals surface area contributed by atoms with E-state index in [1.54, 1.807) is 20.8 Å². The average Bonchev–Trinajstić information content (AvgIpc) is 2.58. The molecule has 0 aromatic carbocycles. The smallest absolute Gasteiger partial charge is 0.434 e. The lowest BCUT2D eigenvalue weighted by molar-refractivity contribution is -0.141. The first-order valence-corrected chi connectivity index (χ1v) is 8.18. The van der Waals surface area contributed by atoms with E-state index in [0.29, 0.717) is 0 Å². The second-order valence-corrected chi connectivity index (χ2v) is 6.88. The van der Waals surface area contributed by atoms with Gasteiger partial charge in [-0.2, -0.15) is 13.2 Å². The van der Waals surface area contributed by atoms with Crippen molar-refractivity contribution in [3.05, 3.63) is 17.5 Å². The zero-order chi connectivity index (χ0) is 20.4. The summed E-state index contributed by atoms with van der Waals surface area (Å²) in [4.78, 5) is 33.9. The van der Waals surface area contributed by atoms with E-state index in [1.807, 2.05) is 0 Å².